The van der Waals surface area contributed by atoms with Crippen LogP contribution in [0.3, 0.4) is 0 Å². The van der Waals surface area contributed by atoms with Crippen molar-refractivity contribution in [2.75, 3.05) is 6.61 Å². The zero-order chi connectivity index (χ0) is 11.4. The van der Waals surface area contributed by atoms with Crippen LogP contribution in [-0.4, -0.2) is 17.1 Å². The fourth-order valence-corrected chi connectivity index (χ4v) is 1.67. The Morgan fingerprint density at radius 2 is 2.40 bits per heavy atom. The van der Waals surface area contributed by atoms with E-state index >= 15 is 0 Å². The lowest BCUT2D eigenvalue weighted by atomic mass is 10.4. The molecule has 0 atom stereocenters. The molecule has 0 spiro atoms. The van der Waals surface area contributed by atoms with Gasteiger partial charge in [0.15, 0.2) is 0 Å². The third-order valence-electron chi connectivity index (χ3n) is 2.01. The van der Waals surface area contributed by atoms with Crippen molar-refractivity contribution in [2.45, 2.75) is 20.4 Å². The summed E-state index contributed by atoms with van der Waals surface area (Å²) in [5.74, 6) is -0.333. The second-order valence-electron chi connectivity index (χ2n) is 2.97. The van der Waals surface area contributed by atoms with Gasteiger partial charge >= 0.3 is 5.97 Å². The summed E-state index contributed by atoms with van der Waals surface area (Å²) < 4.78 is 7.27. The van der Waals surface area contributed by atoms with Crippen molar-refractivity contribution in [3.63, 3.8) is 0 Å². The monoisotopic (exact) mass is 270 g/mol. The Hall–Kier alpha value is -1.28. The van der Waals surface area contributed by atoms with Crippen LogP contribution in [0.4, 0.5) is 0 Å². The number of carbonyl (C=O) groups excluding carboxylic acids is 1. The van der Waals surface area contributed by atoms with E-state index in [4.69, 9.17) is 10.00 Å². The maximum atomic E-state index is 11.3. The van der Waals surface area contributed by atoms with Gasteiger partial charge in [-0.1, -0.05) is 0 Å². The van der Waals surface area contributed by atoms with Crippen LogP contribution in [0, 0.1) is 18.3 Å². The van der Waals surface area contributed by atoms with Crippen molar-refractivity contribution >= 4 is 21.9 Å². The summed E-state index contributed by atoms with van der Waals surface area (Å²) in [4.78, 5) is 11.3. The van der Waals surface area contributed by atoms with Gasteiger partial charge in [0.1, 0.15) is 18.3 Å². The number of nitrogens with zero attached hydrogens (tertiary/aromatic N) is 2. The number of aromatic nitrogens is 1. The van der Waals surface area contributed by atoms with Gasteiger partial charge in [-0.3, -0.25) is 4.79 Å². The van der Waals surface area contributed by atoms with E-state index in [-0.39, 0.29) is 12.5 Å². The Bertz CT molecular complexity index is 418. The molecule has 80 valence electrons. The highest BCUT2D eigenvalue weighted by molar-refractivity contribution is 9.10. The van der Waals surface area contributed by atoms with Gasteiger partial charge in [-0.25, -0.2) is 0 Å². The second kappa shape index (κ2) is 4.99. The van der Waals surface area contributed by atoms with Crippen molar-refractivity contribution in [1.29, 1.82) is 5.26 Å². The lowest BCUT2D eigenvalue weighted by molar-refractivity contribution is -0.143. The highest BCUT2D eigenvalue weighted by Crippen LogP contribution is 2.20. The van der Waals surface area contributed by atoms with Gasteiger partial charge in [0.05, 0.1) is 6.61 Å². The molecule has 1 heterocycles. The van der Waals surface area contributed by atoms with Crippen molar-refractivity contribution in [3.8, 4) is 6.07 Å². The molecular formula is C10H11BrN2O2. The van der Waals surface area contributed by atoms with Crippen LogP contribution in [0.1, 0.15) is 18.3 Å². The minimum Gasteiger partial charge on any atom is -0.465 e. The number of nitriles is 1. The Morgan fingerprint density at radius 1 is 1.73 bits per heavy atom. The molecule has 0 saturated heterocycles. The smallest absolute Gasteiger partial charge is 0.325 e. The first-order valence-corrected chi connectivity index (χ1v) is 5.30. The molecule has 15 heavy (non-hydrogen) atoms. The summed E-state index contributed by atoms with van der Waals surface area (Å²) in [7, 11) is 0. The molecule has 4 nitrogen and oxygen atoms in total. The molecule has 0 aromatic carbocycles. The molecule has 0 aliphatic carbocycles. The van der Waals surface area contributed by atoms with E-state index in [0.717, 1.165) is 10.2 Å². The first-order valence-electron chi connectivity index (χ1n) is 4.51. The molecule has 0 saturated carbocycles. The Kier molecular flexibility index (Phi) is 3.92. The molecule has 0 N–H and O–H groups in total. The summed E-state index contributed by atoms with van der Waals surface area (Å²) in [6.45, 7) is 4.02. The van der Waals surface area contributed by atoms with Gasteiger partial charge in [0.25, 0.3) is 0 Å². The molecule has 0 aliphatic rings. The van der Waals surface area contributed by atoms with Gasteiger partial charge in [-0.2, -0.15) is 5.26 Å². The summed E-state index contributed by atoms with van der Waals surface area (Å²) in [5, 5.41) is 8.86. The predicted molar refractivity (Wildman–Crippen MR) is 58.2 cm³/mol. The Morgan fingerprint density at radius 3 is 2.93 bits per heavy atom. The largest absolute Gasteiger partial charge is 0.465 e. The van der Waals surface area contributed by atoms with E-state index in [1.54, 1.807) is 17.6 Å². The summed E-state index contributed by atoms with van der Waals surface area (Å²) in [5.41, 5.74) is 1.30. The van der Waals surface area contributed by atoms with Crippen LogP contribution in [0.25, 0.3) is 0 Å². The lowest BCUT2D eigenvalue weighted by Gasteiger charge is -2.06. The average molecular weight is 271 g/mol. The molecular weight excluding hydrogens is 260 g/mol. The first kappa shape index (κ1) is 11.8. The van der Waals surface area contributed by atoms with E-state index in [2.05, 4.69) is 15.9 Å². The van der Waals surface area contributed by atoms with Gasteiger partial charge < -0.3 is 9.30 Å². The summed E-state index contributed by atoms with van der Waals surface area (Å²) in [6, 6.07) is 3.72. The number of ether oxygens (including phenoxy) is 1. The van der Waals surface area contributed by atoms with Crippen LogP contribution in [-0.2, 0) is 16.1 Å². The molecule has 0 amide bonds. The van der Waals surface area contributed by atoms with Gasteiger partial charge in [0, 0.05) is 10.2 Å². The molecule has 1 aromatic heterocycles. The second-order valence-corrected chi connectivity index (χ2v) is 3.82. The maximum absolute atomic E-state index is 11.3. The Balaban J connectivity index is 2.94. The SMILES string of the molecule is CCOC(=O)Cn1c(C#N)cc(Br)c1C. The van der Waals surface area contributed by atoms with E-state index in [0.29, 0.717) is 12.3 Å². The maximum Gasteiger partial charge on any atom is 0.325 e. The van der Waals surface area contributed by atoms with E-state index in [1.165, 1.54) is 0 Å². The lowest BCUT2D eigenvalue weighted by Crippen LogP contribution is -2.15. The normalized spacial score (nSPS) is 9.73. The fourth-order valence-electron chi connectivity index (χ4n) is 1.24. The number of rotatable bonds is 3. The predicted octanol–water partition coefficient (Wildman–Crippen LogP) is 1.99. The number of carbonyl (C=O) groups is 1. The van der Waals surface area contributed by atoms with Crippen LogP contribution in [0.5, 0.6) is 0 Å². The van der Waals surface area contributed by atoms with Crippen molar-refractivity contribution < 1.29 is 9.53 Å². The zero-order valence-corrected chi connectivity index (χ0v) is 10.2. The van der Waals surface area contributed by atoms with Crippen LogP contribution >= 0.6 is 15.9 Å². The fraction of sp³-hybridized carbons (Fsp3) is 0.400. The minimum absolute atomic E-state index is 0.0775. The molecule has 0 bridgehead atoms. The van der Waals surface area contributed by atoms with Crippen LogP contribution in [0.2, 0.25) is 0 Å². The van der Waals surface area contributed by atoms with Gasteiger partial charge in [-0.15, -0.1) is 0 Å². The zero-order valence-electron chi connectivity index (χ0n) is 8.58. The van der Waals surface area contributed by atoms with E-state index in [1.807, 2.05) is 13.0 Å². The third-order valence-corrected chi connectivity index (χ3v) is 2.81. The average Bonchev–Trinajstić information content (AvgIpc) is 2.46. The topological polar surface area (TPSA) is 55.0 Å². The van der Waals surface area contributed by atoms with Gasteiger partial charge in [0.2, 0.25) is 0 Å². The molecule has 1 aromatic rings. The third kappa shape index (κ3) is 2.60. The molecule has 0 radical (unpaired) electrons. The van der Waals surface area contributed by atoms with Crippen molar-refractivity contribution in [1.82, 2.24) is 4.57 Å². The number of esters is 1. The van der Waals surface area contributed by atoms with Crippen molar-refractivity contribution in [3.05, 3.63) is 21.9 Å². The quantitative estimate of drug-likeness (QED) is 0.790. The number of halogens is 1. The van der Waals surface area contributed by atoms with Crippen LogP contribution < -0.4 is 0 Å². The molecule has 1 rings (SSSR count). The molecule has 5 heteroatoms. The molecule has 0 unspecified atom stereocenters. The molecule has 0 aliphatic heterocycles. The highest BCUT2D eigenvalue weighted by Gasteiger charge is 2.13. The number of hydrogen-bond acceptors (Lipinski definition) is 3. The summed E-state index contributed by atoms with van der Waals surface area (Å²) >= 11 is 3.31. The van der Waals surface area contributed by atoms with E-state index in [9.17, 15) is 4.79 Å². The van der Waals surface area contributed by atoms with Crippen molar-refractivity contribution in [2.24, 2.45) is 0 Å². The van der Waals surface area contributed by atoms with Gasteiger partial charge in [-0.05, 0) is 35.8 Å². The first-order chi connectivity index (χ1) is 7.10. The summed E-state index contributed by atoms with van der Waals surface area (Å²) in [6.07, 6.45) is 0. The Labute approximate surface area is 96.6 Å². The van der Waals surface area contributed by atoms with Crippen LogP contribution in [0.15, 0.2) is 10.5 Å². The minimum atomic E-state index is -0.333. The number of hydrogen-bond donors (Lipinski definition) is 0. The van der Waals surface area contributed by atoms with E-state index < -0.39 is 0 Å². The highest BCUT2D eigenvalue weighted by atomic mass is 79.9. The molecule has 0 fully saturated rings. The standard InChI is InChI=1S/C10H11BrN2O2/c1-3-15-10(14)6-13-7(2)9(11)4-8(13)5-12/h4H,3,6H2,1-2H3.